The molecule has 0 bridgehead atoms. The Hall–Kier alpha value is -1.25. The van der Waals surface area contributed by atoms with Crippen molar-refractivity contribution in [1.82, 2.24) is 0 Å². The molecule has 8 nitrogen and oxygen atoms in total. The van der Waals surface area contributed by atoms with E-state index >= 15 is 0 Å². The van der Waals surface area contributed by atoms with Crippen LogP contribution < -0.4 is 0 Å². The second-order valence-electron chi connectivity index (χ2n) is 2.08. The number of aliphatic carboxylic acids is 4. The summed E-state index contributed by atoms with van der Waals surface area (Å²) < 4.78 is 0. The van der Waals surface area contributed by atoms with E-state index in [1.54, 1.807) is 0 Å². The van der Waals surface area contributed by atoms with Crippen LogP contribution in [0.5, 0.6) is 0 Å². The van der Waals surface area contributed by atoms with Gasteiger partial charge < -0.3 is 20.4 Å². The van der Waals surface area contributed by atoms with E-state index in [1.165, 1.54) is 0 Å². The molecule has 0 saturated heterocycles. The van der Waals surface area contributed by atoms with Gasteiger partial charge in [-0.3, -0.25) is 19.2 Å². The van der Waals surface area contributed by atoms with Gasteiger partial charge in [0.1, 0.15) is 0 Å². The van der Waals surface area contributed by atoms with Crippen molar-refractivity contribution in [2.24, 2.45) is 0 Å². The number of hydrogen-bond donors (Lipinski definition) is 4. The van der Waals surface area contributed by atoms with E-state index in [2.05, 4.69) is 0 Å². The molecule has 0 rings (SSSR count). The third-order valence-corrected chi connectivity index (χ3v) is 0. The molecule has 9 heteroatoms. The van der Waals surface area contributed by atoms with Gasteiger partial charge in [0, 0.05) is 27.7 Å². The first kappa shape index (κ1) is 29.7. The Kier molecular flexibility index (Phi) is 42.1. The van der Waals surface area contributed by atoms with Crippen LogP contribution in [0, 0.1) is 0 Å². The van der Waals surface area contributed by atoms with Gasteiger partial charge in [-0.2, -0.15) is 0 Å². The van der Waals surface area contributed by atoms with Gasteiger partial charge in [0.15, 0.2) is 0 Å². The van der Waals surface area contributed by atoms with Gasteiger partial charge in [-0.05, 0) is 0 Å². The SMILES string of the molecule is CC(=O)O.CC(=O)O.CC(=O)O.CC(=O)O.[InH3]. The summed E-state index contributed by atoms with van der Waals surface area (Å²) in [6.07, 6.45) is 0. The average molecular weight is 358 g/mol. The predicted molar refractivity (Wildman–Crippen MR) is 63.2 cm³/mol. The molecule has 0 unspecified atom stereocenters. The first-order valence-corrected chi connectivity index (χ1v) is 3.71. The molecular formula is C8H19InO8. The van der Waals surface area contributed by atoms with E-state index < -0.39 is 23.9 Å². The van der Waals surface area contributed by atoms with E-state index in [1.807, 2.05) is 0 Å². The Morgan fingerprint density at radius 1 is 0.529 bits per heavy atom. The quantitative estimate of drug-likeness (QED) is 0.439. The molecule has 17 heavy (non-hydrogen) atoms. The summed E-state index contributed by atoms with van der Waals surface area (Å²) in [6.45, 7) is 4.33. The fraction of sp³-hybridized carbons (Fsp3) is 0.500. The van der Waals surface area contributed by atoms with Crippen LogP contribution in [-0.4, -0.2) is 70.1 Å². The molecule has 0 aliphatic heterocycles. The minimum atomic E-state index is -0.833. The van der Waals surface area contributed by atoms with Crippen LogP contribution in [0.25, 0.3) is 0 Å². The van der Waals surface area contributed by atoms with Crippen LogP contribution in [0.15, 0.2) is 0 Å². The molecule has 0 aromatic heterocycles. The van der Waals surface area contributed by atoms with E-state index in [9.17, 15) is 0 Å². The van der Waals surface area contributed by atoms with Gasteiger partial charge in [-0.25, -0.2) is 0 Å². The monoisotopic (exact) mass is 358 g/mol. The Morgan fingerprint density at radius 2 is 0.529 bits per heavy atom. The summed E-state index contributed by atoms with van der Waals surface area (Å²) in [6, 6.07) is 0. The van der Waals surface area contributed by atoms with E-state index in [-0.39, 0.29) is 25.8 Å². The van der Waals surface area contributed by atoms with Crippen molar-refractivity contribution in [3.63, 3.8) is 0 Å². The molecule has 0 amide bonds. The Labute approximate surface area is 117 Å². The normalized spacial score (nSPS) is 5.88. The van der Waals surface area contributed by atoms with Crippen molar-refractivity contribution in [1.29, 1.82) is 0 Å². The molecule has 0 saturated carbocycles. The van der Waals surface area contributed by atoms with Crippen molar-refractivity contribution < 1.29 is 39.6 Å². The summed E-state index contributed by atoms with van der Waals surface area (Å²) in [5.41, 5.74) is 0. The fourth-order valence-corrected chi connectivity index (χ4v) is 0. The van der Waals surface area contributed by atoms with Gasteiger partial charge >= 0.3 is 25.8 Å². The molecule has 0 heterocycles. The zero-order chi connectivity index (χ0) is 14.3. The standard InChI is InChI=1S/4C2H4O2.In.3H/c4*1-2(3)4;;;;/h4*1H3,(H,3,4);;;;. The van der Waals surface area contributed by atoms with Gasteiger partial charge in [0.05, 0.1) is 0 Å². The number of hydrogen-bond acceptors (Lipinski definition) is 4. The van der Waals surface area contributed by atoms with Crippen molar-refractivity contribution in [2.75, 3.05) is 0 Å². The van der Waals surface area contributed by atoms with Crippen LogP contribution in [0.3, 0.4) is 0 Å². The topological polar surface area (TPSA) is 149 Å². The molecule has 0 aromatic rings. The van der Waals surface area contributed by atoms with Crippen LogP contribution in [0.4, 0.5) is 0 Å². The van der Waals surface area contributed by atoms with Crippen LogP contribution in [-0.2, 0) is 19.2 Å². The average Bonchev–Trinajstić information content (AvgIpc) is 1.76. The predicted octanol–water partition coefficient (Wildman–Crippen LogP) is -0.820. The van der Waals surface area contributed by atoms with Gasteiger partial charge in [-0.15, -0.1) is 0 Å². The molecule has 0 atom stereocenters. The van der Waals surface area contributed by atoms with E-state index in [0.29, 0.717) is 0 Å². The van der Waals surface area contributed by atoms with Crippen molar-refractivity contribution in [2.45, 2.75) is 27.7 Å². The minimum absolute atomic E-state index is 0. The van der Waals surface area contributed by atoms with Crippen LogP contribution in [0.1, 0.15) is 27.7 Å². The summed E-state index contributed by atoms with van der Waals surface area (Å²) in [5, 5.41) is 29.7. The summed E-state index contributed by atoms with van der Waals surface area (Å²) in [5.74, 6) is -3.33. The second-order valence-corrected chi connectivity index (χ2v) is 2.08. The molecule has 0 fully saturated rings. The van der Waals surface area contributed by atoms with Gasteiger partial charge in [-0.1, -0.05) is 0 Å². The van der Waals surface area contributed by atoms with Crippen molar-refractivity contribution >= 4 is 49.7 Å². The summed E-state index contributed by atoms with van der Waals surface area (Å²) in [7, 11) is 0. The van der Waals surface area contributed by atoms with Crippen LogP contribution in [0.2, 0.25) is 0 Å². The summed E-state index contributed by atoms with van der Waals surface area (Å²) in [4.78, 5) is 36.0. The molecule has 0 radical (unpaired) electrons. The molecule has 0 aliphatic carbocycles. The number of rotatable bonds is 0. The number of carboxylic acid groups (broad SMARTS) is 4. The summed E-state index contributed by atoms with van der Waals surface area (Å²) >= 11 is 0. The second kappa shape index (κ2) is 24.1. The maximum atomic E-state index is 9.00. The van der Waals surface area contributed by atoms with Gasteiger partial charge in [0.2, 0.25) is 0 Å². The molecule has 0 spiro atoms. The van der Waals surface area contributed by atoms with E-state index in [0.717, 1.165) is 27.7 Å². The van der Waals surface area contributed by atoms with Crippen molar-refractivity contribution in [3.8, 4) is 0 Å². The molecule has 0 aliphatic rings. The molecule has 4 N–H and O–H groups in total. The zero-order valence-electron chi connectivity index (χ0n) is 9.42. The molecule has 0 aromatic carbocycles. The third-order valence-electron chi connectivity index (χ3n) is 0. The zero-order valence-corrected chi connectivity index (χ0v) is 9.42. The van der Waals surface area contributed by atoms with Crippen molar-refractivity contribution in [3.05, 3.63) is 0 Å². The number of carbonyl (C=O) groups is 4. The first-order valence-electron chi connectivity index (χ1n) is 3.71. The molecular weight excluding hydrogens is 339 g/mol. The first-order chi connectivity index (χ1) is 6.93. The Bertz CT molecular complexity index is 162. The number of carboxylic acids is 4. The van der Waals surface area contributed by atoms with Crippen LogP contribution >= 0.6 is 0 Å². The Morgan fingerprint density at radius 3 is 0.529 bits per heavy atom. The fourth-order valence-electron chi connectivity index (χ4n) is 0. The molecule has 102 valence electrons. The van der Waals surface area contributed by atoms with E-state index in [4.69, 9.17) is 39.6 Å². The van der Waals surface area contributed by atoms with Gasteiger partial charge in [0.25, 0.3) is 23.9 Å². The third kappa shape index (κ3) is 1530. The Balaban J connectivity index is -0.0000000369. The maximum absolute atomic E-state index is 9.00.